The summed E-state index contributed by atoms with van der Waals surface area (Å²) >= 11 is 1.62. The highest BCUT2D eigenvalue weighted by Crippen LogP contribution is 2.27. The summed E-state index contributed by atoms with van der Waals surface area (Å²) in [4.78, 5) is 15.3. The van der Waals surface area contributed by atoms with Crippen molar-refractivity contribution in [3.05, 3.63) is 58.3 Å². The molecule has 2 atom stereocenters. The second-order valence-electron chi connectivity index (χ2n) is 4.61. The Bertz CT molecular complexity index is 601. The zero-order valence-corrected chi connectivity index (χ0v) is 12.3. The molecule has 3 nitrogen and oxygen atoms in total. The van der Waals surface area contributed by atoms with Gasteiger partial charge in [-0.1, -0.05) is 36.4 Å². The lowest BCUT2D eigenvalue weighted by Gasteiger charge is -2.26. The number of hydrogen-bond donors (Lipinski definition) is 0. The van der Waals surface area contributed by atoms with Crippen molar-refractivity contribution >= 4 is 17.2 Å². The van der Waals surface area contributed by atoms with Crippen LogP contribution in [0.25, 0.3) is 0 Å². The number of amides is 1. The van der Waals surface area contributed by atoms with Crippen molar-refractivity contribution in [2.45, 2.75) is 18.9 Å². The average Bonchev–Trinajstić information content (AvgIpc) is 3.01. The van der Waals surface area contributed by atoms with Gasteiger partial charge in [0.25, 0.3) is 0 Å². The van der Waals surface area contributed by atoms with E-state index in [0.717, 1.165) is 10.4 Å². The number of benzene rings is 1. The number of nitrogens with zero attached hydrogens (tertiary/aromatic N) is 2. The van der Waals surface area contributed by atoms with E-state index in [9.17, 15) is 10.1 Å². The zero-order valence-electron chi connectivity index (χ0n) is 11.5. The molecule has 2 aromatic rings. The van der Waals surface area contributed by atoms with Crippen LogP contribution in [0.1, 0.15) is 29.3 Å². The van der Waals surface area contributed by atoms with Crippen LogP contribution in [0, 0.1) is 11.3 Å². The first-order chi connectivity index (χ1) is 9.65. The second kappa shape index (κ2) is 6.36. The topological polar surface area (TPSA) is 44.1 Å². The highest BCUT2D eigenvalue weighted by molar-refractivity contribution is 7.10. The highest BCUT2D eigenvalue weighted by atomic mass is 32.1. The summed E-state index contributed by atoms with van der Waals surface area (Å²) in [5.41, 5.74) is 0.741. The molecule has 2 rings (SSSR count). The third-order valence-electron chi connectivity index (χ3n) is 3.39. The number of carbonyl (C=O) groups is 1. The molecule has 102 valence electrons. The summed E-state index contributed by atoms with van der Waals surface area (Å²) in [6.07, 6.45) is 0. The Labute approximate surface area is 123 Å². The van der Waals surface area contributed by atoms with Gasteiger partial charge in [0, 0.05) is 11.9 Å². The van der Waals surface area contributed by atoms with E-state index in [-0.39, 0.29) is 11.9 Å². The lowest BCUT2D eigenvalue weighted by atomic mass is 9.98. The molecule has 0 aliphatic rings. The predicted octanol–water partition coefficient (Wildman–Crippen LogP) is 3.57. The van der Waals surface area contributed by atoms with Crippen LogP contribution in [0.5, 0.6) is 0 Å². The van der Waals surface area contributed by atoms with Gasteiger partial charge in [-0.15, -0.1) is 11.3 Å². The van der Waals surface area contributed by atoms with Crippen LogP contribution in [0.15, 0.2) is 47.8 Å². The largest absolute Gasteiger partial charge is 0.337 e. The summed E-state index contributed by atoms with van der Waals surface area (Å²) in [5, 5.41) is 11.3. The van der Waals surface area contributed by atoms with Crippen LogP contribution < -0.4 is 0 Å². The third kappa shape index (κ3) is 2.89. The molecule has 2 unspecified atom stereocenters. The summed E-state index contributed by atoms with van der Waals surface area (Å²) in [6.45, 7) is 1.98. The molecule has 0 spiro atoms. The quantitative estimate of drug-likeness (QED) is 0.861. The lowest BCUT2D eigenvalue weighted by molar-refractivity contribution is -0.132. The molecule has 1 aromatic heterocycles. The fourth-order valence-corrected chi connectivity index (χ4v) is 2.86. The van der Waals surface area contributed by atoms with Crippen LogP contribution in [0.4, 0.5) is 0 Å². The lowest BCUT2D eigenvalue weighted by Crippen LogP contribution is -2.33. The molecule has 1 amide bonds. The smallest absolute Gasteiger partial charge is 0.244 e. The van der Waals surface area contributed by atoms with Crippen molar-refractivity contribution in [1.29, 1.82) is 5.26 Å². The maximum Gasteiger partial charge on any atom is 0.244 e. The average molecular weight is 284 g/mol. The summed E-state index contributed by atoms with van der Waals surface area (Å²) in [5.74, 6) is -0.914. The SMILES string of the molecule is CC(c1cccs1)N(C)C(=O)C(C#N)c1ccccc1. The van der Waals surface area contributed by atoms with Crippen LogP contribution in [-0.4, -0.2) is 17.9 Å². The Morgan fingerprint density at radius 1 is 1.25 bits per heavy atom. The minimum Gasteiger partial charge on any atom is -0.337 e. The Hall–Kier alpha value is -2.12. The molecule has 0 N–H and O–H groups in total. The van der Waals surface area contributed by atoms with Crippen LogP contribution >= 0.6 is 11.3 Å². The molecule has 20 heavy (non-hydrogen) atoms. The maximum atomic E-state index is 12.5. The van der Waals surface area contributed by atoms with Crippen LogP contribution in [0.2, 0.25) is 0 Å². The molecular weight excluding hydrogens is 268 g/mol. The Kier molecular flexibility index (Phi) is 4.54. The van der Waals surface area contributed by atoms with Crippen LogP contribution in [-0.2, 0) is 4.79 Å². The molecule has 0 aliphatic heterocycles. The summed E-state index contributed by atoms with van der Waals surface area (Å²) in [6, 6.07) is 15.2. The Morgan fingerprint density at radius 2 is 1.95 bits per heavy atom. The maximum absolute atomic E-state index is 12.5. The van der Waals surface area contributed by atoms with Gasteiger partial charge in [0.1, 0.15) is 5.92 Å². The third-order valence-corrected chi connectivity index (χ3v) is 4.44. The van der Waals surface area contributed by atoms with Crippen molar-refractivity contribution in [2.75, 3.05) is 7.05 Å². The summed E-state index contributed by atoms with van der Waals surface area (Å²) < 4.78 is 0. The molecule has 1 heterocycles. The minimum absolute atomic E-state index is 0.0259. The van der Waals surface area contributed by atoms with E-state index < -0.39 is 5.92 Å². The molecule has 1 aromatic carbocycles. The number of nitriles is 1. The van der Waals surface area contributed by atoms with Gasteiger partial charge in [-0.3, -0.25) is 4.79 Å². The first-order valence-corrected chi connectivity index (χ1v) is 7.27. The van der Waals surface area contributed by atoms with E-state index in [1.54, 1.807) is 23.3 Å². The van der Waals surface area contributed by atoms with Gasteiger partial charge < -0.3 is 4.90 Å². The number of rotatable bonds is 4. The van der Waals surface area contributed by atoms with Gasteiger partial charge in [-0.05, 0) is 23.9 Å². The van der Waals surface area contributed by atoms with E-state index in [1.807, 2.05) is 54.8 Å². The monoisotopic (exact) mass is 284 g/mol. The van der Waals surface area contributed by atoms with Gasteiger partial charge in [0.15, 0.2) is 0 Å². The van der Waals surface area contributed by atoms with Crippen LogP contribution in [0.3, 0.4) is 0 Å². The standard InChI is InChI=1S/C16H16N2OS/c1-12(15-9-6-10-20-15)18(2)16(19)14(11-17)13-7-4-3-5-8-13/h3-10,12,14H,1-2H3. The Morgan fingerprint density at radius 3 is 2.50 bits per heavy atom. The molecular formula is C16H16N2OS. The molecule has 0 radical (unpaired) electrons. The van der Waals surface area contributed by atoms with Gasteiger partial charge >= 0.3 is 0 Å². The van der Waals surface area contributed by atoms with E-state index in [0.29, 0.717) is 0 Å². The zero-order chi connectivity index (χ0) is 14.5. The second-order valence-corrected chi connectivity index (χ2v) is 5.59. The van der Waals surface area contributed by atoms with E-state index in [1.165, 1.54) is 0 Å². The van der Waals surface area contributed by atoms with Crippen molar-refractivity contribution in [3.63, 3.8) is 0 Å². The molecule has 0 saturated heterocycles. The molecule has 0 bridgehead atoms. The normalized spacial score (nSPS) is 13.2. The molecule has 4 heteroatoms. The molecule has 0 aliphatic carbocycles. The first kappa shape index (κ1) is 14.3. The van der Waals surface area contributed by atoms with Gasteiger partial charge in [-0.2, -0.15) is 5.26 Å². The van der Waals surface area contributed by atoms with Crippen molar-refractivity contribution in [1.82, 2.24) is 4.90 Å². The number of thiophene rings is 1. The first-order valence-electron chi connectivity index (χ1n) is 6.39. The fraction of sp³-hybridized carbons (Fsp3) is 0.250. The highest BCUT2D eigenvalue weighted by Gasteiger charge is 2.27. The minimum atomic E-state index is -0.747. The van der Waals surface area contributed by atoms with Crippen molar-refractivity contribution in [2.24, 2.45) is 0 Å². The van der Waals surface area contributed by atoms with Gasteiger partial charge in [-0.25, -0.2) is 0 Å². The number of hydrogen-bond acceptors (Lipinski definition) is 3. The van der Waals surface area contributed by atoms with E-state index in [2.05, 4.69) is 6.07 Å². The van der Waals surface area contributed by atoms with E-state index in [4.69, 9.17) is 0 Å². The fourth-order valence-electron chi connectivity index (χ4n) is 2.03. The van der Waals surface area contributed by atoms with Crippen molar-refractivity contribution in [3.8, 4) is 6.07 Å². The Balaban J connectivity index is 2.19. The predicted molar refractivity (Wildman–Crippen MR) is 80.3 cm³/mol. The van der Waals surface area contributed by atoms with Gasteiger partial charge in [0.2, 0.25) is 5.91 Å². The summed E-state index contributed by atoms with van der Waals surface area (Å²) in [7, 11) is 1.75. The number of carbonyl (C=O) groups excluding carboxylic acids is 1. The molecule has 0 saturated carbocycles. The number of likely N-dealkylation sites (N-methyl/N-ethyl adjacent to an activating group) is 1. The van der Waals surface area contributed by atoms with Gasteiger partial charge in [0.05, 0.1) is 12.1 Å². The van der Waals surface area contributed by atoms with Crippen molar-refractivity contribution < 1.29 is 4.79 Å². The van der Waals surface area contributed by atoms with E-state index >= 15 is 0 Å². The molecule has 0 fully saturated rings.